The third-order valence-corrected chi connectivity index (χ3v) is 3.40. The molecule has 1 N–H and O–H groups in total. The van der Waals surface area contributed by atoms with Gasteiger partial charge in [0.2, 0.25) is 0 Å². The van der Waals surface area contributed by atoms with Crippen molar-refractivity contribution in [2.24, 2.45) is 0 Å². The number of ether oxygens (including phenoxy) is 1. The van der Waals surface area contributed by atoms with Crippen LogP contribution in [-0.2, 0) is 9.84 Å². The van der Waals surface area contributed by atoms with Crippen molar-refractivity contribution in [3.63, 3.8) is 0 Å². The maximum Gasteiger partial charge on any atom is 0.335 e. The molecule has 0 saturated carbocycles. The van der Waals surface area contributed by atoms with E-state index in [1.807, 2.05) is 0 Å². The van der Waals surface area contributed by atoms with Gasteiger partial charge in [0.15, 0.2) is 9.84 Å². The highest BCUT2D eigenvalue weighted by Gasteiger charge is 2.20. The van der Waals surface area contributed by atoms with Gasteiger partial charge >= 0.3 is 5.97 Å². The van der Waals surface area contributed by atoms with Crippen molar-refractivity contribution >= 4 is 15.8 Å². The lowest BCUT2D eigenvalue weighted by molar-refractivity contribution is 0.0695. The van der Waals surface area contributed by atoms with E-state index in [0.29, 0.717) is 5.56 Å². The Balaban J connectivity index is 3.52. The maximum absolute atomic E-state index is 11.6. The van der Waals surface area contributed by atoms with Crippen LogP contribution in [0.15, 0.2) is 17.0 Å². The molecule has 1 rings (SSSR count). The zero-order valence-electron chi connectivity index (χ0n) is 10.7. The fourth-order valence-corrected chi connectivity index (χ4v) is 2.33. The lowest BCUT2D eigenvalue weighted by Crippen LogP contribution is -2.12. The van der Waals surface area contributed by atoms with Gasteiger partial charge in [0, 0.05) is 6.26 Å². The molecule has 0 aromatic heterocycles. The summed E-state index contributed by atoms with van der Waals surface area (Å²) in [6.07, 6.45) is 0.830. The topological polar surface area (TPSA) is 80.7 Å². The third kappa shape index (κ3) is 3.22. The molecule has 0 saturated heterocycles. The molecule has 5 nitrogen and oxygen atoms in total. The van der Waals surface area contributed by atoms with Crippen molar-refractivity contribution < 1.29 is 23.1 Å². The molecule has 0 aliphatic rings. The fraction of sp³-hybridized carbons (Fsp3) is 0.417. The minimum absolute atomic E-state index is 0.0356. The molecule has 1 aromatic rings. The van der Waals surface area contributed by atoms with E-state index in [1.54, 1.807) is 20.8 Å². The number of aromatic carboxylic acids is 1. The van der Waals surface area contributed by atoms with E-state index in [1.165, 1.54) is 6.07 Å². The van der Waals surface area contributed by atoms with Gasteiger partial charge < -0.3 is 9.84 Å². The Hall–Kier alpha value is -1.56. The number of carboxylic acids is 1. The van der Waals surface area contributed by atoms with Crippen molar-refractivity contribution in [2.75, 3.05) is 6.26 Å². The zero-order chi connectivity index (χ0) is 14.1. The van der Waals surface area contributed by atoms with Crippen LogP contribution >= 0.6 is 0 Å². The number of carbonyl (C=O) groups is 1. The standard InChI is InChI=1S/C12H16O5S/c1-7(2)17-10-5-8(3)9(12(13)14)6-11(10)18(4,15)16/h5-7H,1-4H3,(H,13,14). The minimum atomic E-state index is -3.54. The van der Waals surface area contributed by atoms with E-state index in [0.717, 1.165) is 12.3 Å². The highest BCUT2D eigenvalue weighted by molar-refractivity contribution is 7.90. The number of hydrogen-bond donors (Lipinski definition) is 1. The summed E-state index contributed by atoms with van der Waals surface area (Å²) in [5.74, 6) is -0.969. The largest absolute Gasteiger partial charge is 0.490 e. The second kappa shape index (κ2) is 4.97. The number of carboxylic acid groups (broad SMARTS) is 1. The molecule has 0 bridgehead atoms. The first-order valence-electron chi connectivity index (χ1n) is 5.37. The van der Waals surface area contributed by atoms with Gasteiger partial charge in [-0.2, -0.15) is 0 Å². The van der Waals surface area contributed by atoms with Gasteiger partial charge in [-0.1, -0.05) is 0 Å². The number of hydrogen-bond acceptors (Lipinski definition) is 4. The van der Waals surface area contributed by atoms with Gasteiger partial charge in [-0.15, -0.1) is 0 Å². The van der Waals surface area contributed by atoms with E-state index in [9.17, 15) is 13.2 Å². The molecular weight excluding hydrogens is 256 g/mol. The summed E-state index contributed by atoms with van der Waals surface area (Å²) in [6.45, 7) is 5.14. The Bertz CT molecular complexity index is 572. The Kier molecular flexibility index (Phi) is 4.01. The quantitative estimate of drug-likeness (QED) is 0.905. The van der Waals surface area contributed by atoms with Gasteiger partial charge in [0.05, 0.1) is 11.7 Å². The number of benzene rings is 1. The van der Waals surface area contributed by atoms with Gasteiger partial charge in [-0.25, -0.2) is 13.2 Å². The first-order chi connectivity index (χ1) is 8.12. The van der Waals surface area contributed by atoms with Crippen LogP contribution in [0.3, 0.4) is 0 Å². The minimum Gasteiger partial charge on any atom is -0.490 e. The molecule has 0 heterocycles. The Morgan fingerprint density at radius 3 is 2.28 bits per heavy atom. The van der Waals surface area contributed by atoms with Crippen molar-refractivity contribution in [2.45, 2.75) is 31.8 Å². The average Bonchev–Trinajstić information content (AvgIpc) is 2.13. The van der Waals surface area contributed by atoms with Crippen LogP contribution in [0.25, 0.3) is 0 Å². The monoisotopic (exact) mass is 272 g/mol. The maximum atomic E-state index is 11.6. The molecule has 18 heavy (non-hydrogen) atoms. The lowest BCUT2D eigenvalue weighted by atomic mass is 10.1. The summed E-state index contributed by atoms with van der Waals surface area (Å²) < 4.78 is 28.7. The van der Waals surface area contributed by atoms with Crippen molar-refractivity contribution in [3.8, 4) is 5.75 Å². The number of rotatable bonds is 4. The van der Waals surface area contributed by atoms with Crippen LogP contribution in [0.2, 0.25) is 0 Å². The number of sulfone groups is 1. The molecule has 0 unspecified atom stereocenters. The highest BCUT2D eigenvalue weighted by atomic mass is 32.2. The first-order valence-corrected chi connectivity index (χ1v) is 7.26. The third-order valence-electron chi connectivity index (χ3n) is 2.28. The second-order valence-corrected chi connectivity index (χ2v) is 6.34. The van der Waals surface area contributed by atoms with Crippen molar-refractivity contribution in [1.82, 2.24) is 0 Å². The fourth-order valence-electron chi connectivity index (χ4n) is 1.53. The normalized spacial score (nSPS) is 11.6. The summed E-state index contributed by atoms with van der Waals surface area (Å²) >= 11 is 0. The van der Waals surface area contributed by atoms with Crippen LogP contribution < -0.4 is 4.74 Å². The molecule has 0 fully saturated rings. The molecule has 0 aliphatic carbocycles. The summed E-state index contributed by atoms with van der Waals surface area (Å²) in [5.41, 5.74) is 0.428. The highest BCUT2D eigenvalue weighted by Crippen LogP contribution is 2.28. The summed E-state index contributed by atoms with van der Waals surface area (Å²) in [6, 6.07) is 2.59. The van der Waals surface area contributed by atoms with Crippen LogP contribution in [0.4, 0.5) is 0 Å². The zero-order valence-corrected chi connectivity index (χ0v) is 11.5. The van der Waals surface area contributed by atoms with Crippen LogP contribution in [-0.4, -0.2) is 31.9 Å². The van der Waals surface area contributed by atoms with Crippen LogP contribution in [0.1, 0.15) is 29.8 Å². The Labute approximate surface area is 106 Å². The van der Waals surface area contributed by atoms with E-state index in [-0.39, 0.29) is 22.3 Å². The first kappa shape index (κ1) is 14.5. The van der Waals surface area contributed by atoms with E-state index in [4.69, 9.17) is 9.84 Å². The molecule has 6 heteroatoms. The molecule has 0 aliphatic heterocycles. The Morgan fingerprint density at radius 2 is 1.89 bits per heavy atom. The summed E-state index contributed by atoms with van der Waals surface area (Å²) in [4.78, 5) is 10.9. The molecule has 0 atom stereocenters. The van der Waals surface area contributed by atoms with E-state index in [2.05, 4.69) is 0 Å². The molecular formula is C12H16O5S. The number of aryl methyl sites for hydroxylation is 1. The van der Waals surface area contributed by atoms with Gasteiger partial charge in [-0.05, 0) is 38.5 Å². The predicted molar refractivity (Wildman–Crippen MR) is 67.0 cm³/mol. The lowest BCUT2D eigenvalue weighted by Gasteiger charge is -2.15. The average molecular weight is 272 g/mol. The molecule has 0 radical (unpaired) electrons. The van der Waals surface area contributed by atoms with Crippen molar-refractivity contribution in [3.05, 3.63) is 23.3 Å². The molecule has 1 aromatic carbocycles. The predicted octanol–water partition coefficient (Wildman–Crippen LogP) is 1.88. The molecule has 0 spiro atoms. The van der Waals surface area contributed by atoms with Crippen molar-refractivity contribution in [1.29, 1.82) is 0 Å². The summed E-state index contributed by atoms with van der Waals surface area (Å²) in [7, 11) is -3.54. The van der Waals surface area contributed by atoms with E-state index >= 15 is 0 Å². The van der Waals surface area contributed by atoms with Crippen LogP contribution in [0.5, 0.6) is 5.75 Å². The summed E-state index contributed by atoms with van der Waals surface area (Å²) in [5, 5.41) is 8.99. The van der Waals surface area contributed by atoms with E-state index < -0.39 is 15.8 Å². The smallest absolute Gasteiger partial charge is 0.335 e. The van der Waals surface area contributed by atoms with Gasteiger partial charge in [-0.3, -0.25) is 0 Å². The molecule has 0 amide bonds. The SMILES string of the molecule is Cc1cc(OC(C)C)c(S(C)(=O)=O)cc1C(=O)O. The van der Waals surface area contributed by atoms with Gasteiger partial charge in [0.25, 0.3) is 0 Å². The molecule has 100 valence electrons. The Morgan fingerprint density at radius 1 is 1.33 bits per heavy atom. The second-order valence-electron chi connectivity index (χ2n) is 4.36. The van der Waals surface area contributed by atoms with Gasteiger partial charge in [0.1, 0.15) is 10.6 Å². The van der Waals surface area contributed by atoms with Crippen LogP contribution in [0, 0.1) is 6.92 Å².